The first kappa shape index (κ1) is 14.8. The fourth-order valence-electron chi connectivity index (χ4n) is 2.37. The van der Waals surface area contributed by atoms with E-state index >= 15 is 0 Å². The van der Waals surface area contributed by atoms with E-state index in [2.05, 4.69) is 10.3 Å². The maximum atomic E-state index is 12.4. The van der Waals surface area contributed by atoms with Gasteiger partial charge in [-0.15, -0.1) is 0 Å². The standard InChI is InChI=1S/C15H17F3N2/c1-2-20-14(6-8-15(16,17)18)13-5-3-4-11-10-19-9-7-12(11)13/h3-5,7,9-10,14,20H,2,6,8H2,1H3. The summed E-state index contributed by atoms with van der Waals surface area (Å²) in [6.45, 7) is 2.53. The van der Waals surface area contributed by atoms with Crippen LogP contribution < -0.4 is 5.32 Å². The highest BCUT2D eigenvalue weighted by atomic mass is 19.4. The molecule has 1 unspecified atom stereocenters. The number of hydrogen-bond acceptors (Lipinski definition) is 2. The molecule has 0 amide bonds. The number of halogens is 3. The Kier molecular flexibility index (Phi) is 4.60. The molecule has 0 aliphatic heterocycles. The van der Waals surface area contributed by atoms with Crippen molar-refractivity contribution in [1.29, 1.82) is 0 Å². The van der Waals surface area contributed by atoms with Gasteiger partial charge < -0.3 is 5.32 Å². The first-order valence-corrected chi connectivity index (χ1v) is 6.64. The minimum Gasteiger partial charge on any atom is -0.310 e. The normalized spacial score (nSPS) is 13.6. The van der Waals surface area contributed by atoms with Gasteiger partial charge in [0.25, 0.3) is 0 Å². The Labute approximate surface area is 116 Å². The van der Waals surface area contributed by atoms with Gasteiger partial charge in [0.15, 0.2) is 0 Å². The number of aromatic nitrogens is 1. The highest BCUT2D eigenvalue weighted by Gasteiger charge is 2.28. The molecule has 1 atom stereocenters. The van der Waals surface area contributed by atoms with Crippen molar-refractivity contribution in [3.63, 3.8) is 0 Å². The van der Waals surface area contributed by atoms with Crippen LogP contribution in [0.25, 0.3) is 10.8 Å². The molecular formula is C15H17F3N2. The maximum absolute atomic E-state index is 12.4. The lowest BCUT2D eigenvalue weighted by atomic mass is 9.96. The molecule has 0 aliphatic rings. The smallest absolute Gasteiger partial charge is 0.310 e. The second-order valence-electron chi connectivity index (χ2n) is 4.71. The van der Waals surface area contributed by atoms with Crippen molar-refractivity contribution >= 4 is 10.8 Å². The molecule has 0 aliphatic carbocycles. The number of nitrogens with zero attached hydrogens (tertiary/aromatic N) is 1. The second kappa shape index (κ2) is 6.22. The molecule has 2 nitrogen and oxygen atoms in total. The summed E-state index contributed by atoms with van der Waals surface area (Å²) in [5.74, 6) is 0. The summed E-state index contributed by atoms with van der Waals surface area (Å²) in [6, 6.07) is 7.21. The van der Waals surface area contributed by atoms with E-state index in [0.717, 1.165) is 16.3 Å². The van der Waals surface area contributed by atoms with E-state index in [1.807, 2.05) is 31.2 Å². The van der Waals surface area contributed by atoms with Crippen LogP contribution in [0.2, 0.25) is 0 Å². The van der Waals surface area contributed by atoms with Gasteiger partial charge in [0, 0.05) is 30.2 Å². The van der Waals surface area contributed by atoms with Crippen LogP contribution in [0.5, 0.6) is 0 Å². The SMILES string of the molecule is CCNC(CCC(F)(F)F)c1cccc2cnccc12. The zero-order chi connectivity index (χ0) is 14.6. The Morgan fingerprint density at radius 2 is 2.05 bits per heavy atom. The molecule has 2 aromatic rings. The van der Waals surface area contributed by atoms with Gasteiger partial charge in [-0.3, -0.25) is 4.98 Å². The van der Waals surface area contributed by atoms with E-state index in [4.69, 9.17) is 0 Å². The van der Waals surface area contributed by atoms with Crippen LogP contribution >= 0.6 is 0 Å². The summed E-state index contributed by atoms with van der Waals surface area (Å²) >= 11 is 0. The summed E-state index contributed by atoms with van der Waals surface area (Å²) in [5, 5.41) is 5.04. The van der Waals surface area contributed by atoms with E-state index in [9.17, 15) is 13.2 Å². The summed E-state index contributed by atoms with van der Waals surface area (Å²) in [5.41, 5.74) is 0.899. The Morgan fingerprint density at radius 3 is 2.75 bits per heavy atom. The molecule has 1 heterocycles. The number of benzene rings is 1. The van der Waals surface area contributed by atoms with Crippen LogP contribution in [-0.2, 0) is 0 Å². The molecule has 0 radical (unpaired) electrons. The molecule has 5 heteroatoms. The number of nitrogens with one attached hydrogen (secondary N) is 1. The number of fused-ring (bicyclic) bond motifs is 1. The van der Waals surface area contributed by atoms with Crippen molar-refractivity contribution in [2.45, 2.75) is 32.0 Å². The number of rotatable bonds is 5. The van der Waals surface area contributed by atoms with E-state index in [0.29, 0.717) is 6.54 Å². The number of pyridine rings is 1. The van der Waals surface area contributed by atoms with Crippen LogP contribution in [0.4, 0.5) is 13.2 Å². The largest absolute Gasteiger partial charge is 0.389 e. The predicted molar refractivity (Wildman–Crippen MR) is 73.4 cm³/mol. The Bertz CT molecular complexity index is 561. The first-order chi connectivity index (χ1) is 9.51. The van der Waals surface area contributed by atoms with E-state index in [-0.39, 0.29) is 12.5 Å². The summed E-state index contributed by atoms with van der Waals surface area (Å²) in [7, 11) is 0. The lowest BCUT2D eigenvalue weighted by Gasteiger charge is -2.21. The zero-order valence-electron chi connectivity index (χ0n) is 11.2. The van der Waals surface area contributed by atoms with Gasteiger partial charge in [-0.25, -0.2) is 0 Å². The molecule has 0 saturated heterocycles. The third-order valence-electron chi connectivity index (χ3n) is 3.26. The van der Waals surface area contributed by atoms with E-state index in [1.165, 1.54) is 0 Å². The molecule has 0 bridgehead atoms. The van der Waals surface area contributed by atoms with Gasteiger partial charge in [-0.2, -0.15) is 13.2 Å². The highest BCUT2D eigenvalue weighted by Crippen LogP contribution is 2.30. The summed E-state index contributed by atoms with van der Waals surface area (Å²) < 4.78 is 37.3. The van der Waals surface area contributed by atoms with Crippen molar-refractivity contribution in [3.05, 3.63) is 42.2 Å². The molecule has 20 heavy (non-hydrogen) atoms. The third-order valence-corrected chi connectivity index (χ3v) is 3.26. The zero-order valence-corrected chi connectivity index (χ0v) is 11.2. The maximum Gasteiger partial charge on any atom is 0.389 e. The molecule has 108 valence electrons. The summed E-state index contributed by atoms with van der Waals surface area (Å²) in [6.07, 6.45) is -1.48. The van der Waals surface area contributed by atoms with Gasteiger partial charge in [0.1, 0.15) is 0 Å². The first-order valence-electron chi connectivity index (χ1n) is 6.64. The fourth-order valence-corrected chi connectivity index (χ4v) is 2.37. The molecular weight excluding hydrogens is 265 g/mol. The van der Waals surface area contributed by atoms with Crippen molar-refractivity contribution in [1.82, 2.24) is 10.3 Å². The second-order valence-corrected chi connectivity index (χ2v) is 4.71. The molecule has 0 spiro atoms. The quantitative estimate of drug-likeness (QED) is 0.887. The Balaban J connectivity index is 2.31. The summed E-state index contributed by atoms with van der Waals surface area (Å²) in [4.78, 5) is 4.04. The van der Waals surface area contributed by atoms with Crippen LogP contribution in [0.1, 0.15) is 31.4 Å². The highest BCUT2D eigenvalue weighted by molar-refractivity contribution is 5.85. The monoisotopic (exact) mass is 282 g/mol. The van der Waals surface area contributed by atoms with E-state index < -0.39 is 12.6 Å². The van der Waals surface area contributed by atoms with Crippen LogP contribution in [0.15, 0.2) is 36.7 Å². The van der Waals surface area contributed by atoms with Gasteiger partial charge in [-0.1, -0.05) is 25.1 Å². The van der Waals surface area contributed by atoms with Crippen molar-refractivity contribution in [2.75, 3.05) is 6.54 Å². The average Bonchev–Trinajstić information content (AvgIpc) is 2.42. The van der Waals surface area contributed by atoms with Crippen LogP contribution in [0, 0.1) is 0 Å². The lowest BCUT2D eigenvalue weighted by Crippen LogP contribution is -2.23. The van der Waals surface area contributed by atoms with Crippen molar-refractivity contribution < 1.29 is 13.2 Å². The fraction of sp³-hybridized carbons (Fsp3) is 0.400. The Hall–Kier alpha value is -1.62. The van der Waals surface area contributed by atoms with Crippen molar-refractivity contribution in [3.8, 4) is 0 Å². The van der Waals surface area contributed by atoms with Gasteiger partial charge >= 0.3 is 6.18 Å². The minimum atomic E-state index is -4.13. The lowest BCUT2D eigenvalue weighted by molar-refractivity contribution is -0.136. The van der Waals surface area contributed by atoms with Gasteiger partial charge in [0.2, 0.25) is 0 Å². The third kappa shape index (κ3) is 3.70. The molecule has 0 fully saturated rings. The molecule has 1 aromatic heterocycles. The molecule has 2 rings (SSSR count). The molecule has 1 aromatic carbocycles. The van der Waals surface area contributed by atoms with Crippen LogP contribution in [-0.4, -0.2) is 17.7 Å². The molecule has 0 saturated carbocycles. The average molecular weight is 282 g/mol. The van der Waals surface area contributed by atoms with Crippen molar-refractivity contribution in [2.24, 2.45) is 0 Å². The van der Waals surface area contributed by atoms with Crippen LogP contribution in [0.3, 0.4) is 0 Å². The van der Waals surface area contributed by atoms with Gasteiger partial charge in [-0.05, 0) is 30.0 Å². The minimum absolute atomic E-state index is 0.0405. The predicted octanol–water partition coefficient (Wildman–Crippen LogP) is 4.23. The van der Waals surface area contributed by atoms with E-state index in [1.54, 1.807) is 12.4 Å². The Morgan fingerprint density at radius 1 is 1.25 bits per heavy atom. The topological polar surface area (TPSA) is 24.9 Å². The van der Waals surface area contributed by atoms with Gasteiger partial charge in [0.05, 0.1) is 0 Å². The number of alkyl halides is 3. The molecule has 1 N–H and O–H groups in total. The number of hydrogen-bond donors (Lipinski definition) is 1.